The maximum atomic E-state index is 13.3. The lowest BCUT2D eigenvalue weighted by Crippen LogP contribution is -2.27. The summed E-state index contributed by atoms with van der Waals surface area (Å²) in [6.45, 7) is 6.15. The number of methoxy groups -OCH3 is 1. The molecule has 0 atom stereocenters. The summed E-state index contributed by atoms with van der Waals surface area (Å²) in [5.41, 5.74) is 2.50. The van der Waals surface area contributed by atoms with Crippen LogP contribution in [0.3, 0.4) is 0 Å². The lowest BCUT2D eigenvalue weighted by molar-refractivity contribution is -0.116. The Labute approximate surface area is 191 Å². The van der Waals surface area contributed by atoms with E-state index in [0.29, 0.717) is 35.1 Å². The number of anilines is 1. The number of ether oxygens (including phenoxy) is 1. The molecule has 4 rings (SSSR count). The van der Waals surface area contributed by atoms with Crippen molar-refractivity contribution in [3.05, 3.63) is 88.9 Å². The van der Waals surface area contributed by atoms with Crippen molar-refractivity contribution in [3.8, 4) is 17.1 Å². The highest BCUT2D eigenvalue weighted by molar-refractivity contribution is 5.90. The predicted molar refractivity (Wildman–Crippen MR) is 128 cm³/mol. The van der Waals surface area contributed by atoms with Gasteiger partial charge >= 0.3 is 0 Å². The molecule has 33 heavy (non-hydrogen) atoms. The molecule has 0 fully saturated rings. The zero-order chi connectivity index (χ0) is 23.4. The molecule has 0 unspecified atom stereocenters. The first kappa shape index (κ1) is 22.0. The van der Waals surface area contributed by atoms with Gasteiger partial charge in [0.05, 0.1) is 7.11 Å². The predicted octanol–water partition coefficient (Wildman–Crippen LogP) is 3.63. The van der Waals surface area contributed by atoms with Crippen LogP contribution in [-0.2, 0) is 17.8 Å². The van der Waals surface area contributed by atoms with Gasteiger partial charge in [0.2, 0.25) is 11.7 Å². The average Bonchev–Trinajstić information content (AvgIpc) is 3.28. The van der Waals surface area contributed by atoms with Crippen LogP contribution in [0.2, 0.25) is 0 Å². The topological polar surface area (TPSA) is 90.5 Å². The highest BCUT2D eigenvalue weighted by atomic mass is 16.5. The number of amides is 1. The number of rotatable bonds is 8. The normalized spacial score (nSPS) is 10.8. The Morgan fingerprint density at radius 3 is 2.55 bits per heavy atom. The summed E-state index contributed by atoms with van der Waals surface area (Å²) in [5, 5.41) is 7.31. The number of hydrogen-bond acceptors (Lipinski definition) is 5. The number of fused-ring (bicyclic) bond motifs is 1. The quantitative estimate of drug-likeness (QED) is 0.420. The molecule has 8 nitrogen and oxygen atoms in total. The van der Waals surface area contributed by atoms with E-state index in [1.165, 1.54) is 4.52 Å². The monoisotopic (exact) mass is 443 g/mol. The number of nitrogens with one attached hydrogen (secondary N) is 1. The van der Waals surface area contributed by atoms with Crippen molar-refractivity contribution in [2.45, 2.75) is 26.3 Å². The first-order valence-electron chi connectivity index (χ1n) is 10.6. The second-order valence-corrected chi connectivity index (χ2v) is 7.56. The Morgan fingerprint density at radius 1 is 1.15 bits per heavy atom. The molecule has 2 aromatic carbocycles. The van der Waals surface area contributed by atoms with Crippen LogP contribution in [0.4, 0.5) is 5.69 Å². The van der Waals surface area contributed by atoms with E-state index in [0.717, 1.165) is 11.3 Å². The molecule has 2 aromatic heterocycles. The number of carbonyl (C=O) groups excluding carboxylic acids is 1. The third-order valence-corrected chi connectivity index (χ3v) is 5.44. The maximum Gasteiger partial charge on any atom is 0.279 e. The molecule has 8 heteroatoms. The molecule has 0 aliphatic heterocycles. The van der Waals surface area contributed by atoms with Crippen LogP contribution in [0.5, 0.6) is 5.75 Å². The van der Waals surface area contributed by atoms with E-state index in [1.807, 2.05) is 41.8 Å². The van der Waals surface area contributed by atoms with Gasteiger partial charge in [0.1, 0.15) is 5.75 Å². The Bertz CT molecular complexity index is 1360. The van der Waals surface area contributed by atoms with Gasteiger partial charge in [-0.25, -0.2) is 0 Å². The number of hydrogen-bond donors (Lipinski definition) is 1. The van der Waals surface area contributed by atoms with E-state index in [2.05, 4.69) is 22.0 Å². The summed E-state index contributed by atoms with van der Waals surface area (Å²) in [6, 6.07) is 16.6. The molecule has 0 bridgehead atoms. The summed E-state index contributed by atoms with van der Waals surface area (Å²) in [5.74, 6) is 1.45. The summed E-state index contributed by atoms with van der Waals surface area (Å²) < 4.78 is 8.34. The molecule has 0 saturated heterocycles. The fraction of sp³-hybridized carbons (Fsp3) is 0.200. The van der Waals surface area contributed by atoms with Crippen LogP contribution >= 0.6 is 0 Å². The Hall–Kier alpha value is -4.20. The Kier molecular flexibility index (Phi) is 6.35. The number of nitrogens with zero attached hydrogens (tertiary/aromatic N) is 4. The van der Waals surface area contributed by atoms with Crippen molar-refractivity contribution < 1.29 is 9.53 Å². The van der Waals surface area contributed by atoms with Gasteiger partial charge in [-0.1, -0.05) is 36.4 Å². The minimum atomic E-state index is -0.269. The van der Waals surface area contributed by atoms with Gasteiger partial charge in [-0.2, -0.15) is 9.50 Å². The largest absolute Gasteiger partial charge is 0.497 e. The van der Waals surface area contributed by atoms with Gasteiger partial charge in [-0.3, -0.25) is 9.59 Å². The molecule has 0 aliphatic rings. The first-order chi connectivity index (χ1) is 16.0. The third kappa shape index (κ3) is 4.55. The first-order valence-corrected chi connectivity index (χ1v) is 10.6. The number of allylic oxidation sites excluding steroid dienone is 1. The fourth-order valence-electron chi connectivity index (χ4n) is 3.69. The van der Waals surface area contributed by atoms with Crippen LogP contribution in [-0.4, -0.2) is 32.2 Å². The minimum Gasteiger partial charge on any atom is -0.497 e. The third-order valence-electron chi connectivity index (χ3n) is 5.44. The SMILES string of the molecule is C=CCn1c(C)c(CCC(=O)Nc2ccc(OC)cc2)c(=O)n2nc(-c3ccccc3)nc12. The Balaban J connectivity index is 1.63. The zero-order valence-corrected chi connectivity index (χ0v) is 18.6. The van der Waals surface area contributed by atoms with Crippen molar-refractivity contribution in [2.24, 2.45) is 0 Å². The van der Waals surface area contributed by atoms with E-state index in [4.69, 9.17) is 4.74 Å². The molecule has 1 N–H and O–H groups in total. The molecule has 168 valence electrons. The second kappa shape index (κ2) is 9.52. The van der Waals surface area contributed by atoms with Gasteiger partial charge in [-0.05, 0) is 37.6 Å². The molecule has 2 heterocycles. The fourth-order valence-corrected chi connectivity index (χ4v) is 3.69. The summed E-state index contributed by atoms with van der Waals surface area (Å²) in [6.07, 6.45) is 2.18. The standard InChI is InChI=1S/C25H25N5O3/c1-4-16-29-17(2)21(14-15-22(31)26-19-10-12-20(33-3)13-11-19)24(32)30-25(29)27-23(28-30)18-8-6-5-7-9-18/h4-13H,1,14-16H2,2-3H3,(H,26,31). The van der Waals surface area contributed by atoms with Crippen LogP contribution < -0.4 is 15.6 Å². The summed E-state index contributed by atoms with van der Waals surface area (Å²) in [4.78, 5) is 30.4. The van der Waals surface area contributed by atoms with Gasteiger partial charge in [0.15, 0.2) is 5.82 Å². The zero-order valence-electron chi connectivity index (χ0n) is 18.6. The highest BCUT2D eigenvalue weighted by Gasteiger charge is 2.19. The molecule has 0 spiro atoms. The lowest BCUT2D eigenvalue weighted by Gasteiger charge is -2.14. The molecule has 1 amide bonds. The molecular formula is C25H25N5O3. The molecular weight excluding hydrogens is 418 g/mol. The number of aromatic nitrogens is 4. The van der Waals surface area contributed by atoms with Gasteiger partial charge < -0.3 is 14.6 Å². The summed E-state index contributed by atoms with van der Waals surface area (Å²) >= 11 is 0. The molecule has 0 saturated carbocycles. The van der Waals surface area contributed by atoms with E-state index in [1.54, 1.807) is 37.5 Å². The average molecular weight is 444 g/mol. The van der Waals surface area contributed by atoms with Crippen LogP contribution in [0.15, 0.2) is 72.0 Å². The van der Waals surface area contributed by atoms with Gasteiger partial charge in [0, 0.05) is 35.5 Å². The van der Waals surface area contributed by atoms with Crippen LogP contribution in [0.1, 0.15) is 17.7 Å². The minimum absolute atomic E-state index is 0.155. The van der Waals surface area contributed by atoms with E-state index in [-0.39, 0.29) is 24.3 Å². The molecule has 4 aromatic rings. The number of carbonyl (C=O) groups is 1. The second-order valence-electron chi connectivity index (χ2n) is 7.56. The van der Waals surface area contributed by atoms with E-state index >= 15 is 0 Å². The van der Waals surface area contributed by atoms with Crippen molar-refractivity contribution in [3.63, 3.8) is 0 Å². The van der Waals surface area contributed by atoms with Gasteiger partial charge in [-0.15, -0.1) is 11.7 Å². The summed E-state index contributed by atoms with van der Waals surface area (Å²) in [7, 11) is 1.59. The number of benzene rings is 2. The van der Waals surface area contributed by atoms with E-state index in [9.17, 15) is 9.59 Å². The van der Waals surface area contributed by atoms with E-state index < -0.39 is 0 Å². The maximum absolute atomic E-state index is 13.3. The van der Waals surface area contributed by atoms with Crippen molar-refractivity contribution in [1.29, 1.82) is 0 Å². The van der Waals surface area contributed by atoms with Crippen LogP contribution in [0, 0.1) is 6.92 Å². The Morgan fingerprint density at radius 2 is 1.88 bits per heavy atom. The van der Waals surface area contributed by atoms with Crippen molar-refractivity contribution in [2.75, 3.05) is 12.4 Å². The van der Waals surface area contributed by atoms with Crippen molar-refractivity contribution >= 4 is 17.4 Å². The van der Waals surface area contributed by atoms with Gasteiger partial charge in [0.25, 0.3) is 5.56 Å². The molecule has 0 aliphatic carbocycles. The van der Waals surface area contributed by atoms with Crippen LogP contribution in [0.25, 0.3) is 17.2 Å². The smallest absolute Gasteiger partial charge is 0.279 e. The lowest BCUT2D eigenvalue weighted by atomic mass is 10.1. The highest BCUT2D eigenvalue weighted by Crippen LogP contribution is 2.18. The van der Waals surface area contributed by atoms with Crippen molar-refractivity contribution in [1.82, 2.24) is 19.2 Å². The molecule has 0 radical (unpaired) electrons.